The first-order chi connectivity index (χ1) is 13.0. The molecule has 0 atom stereocenters. The van der Waals surface area contributed by atoms with Gasteiger partial charge in [-0.1, -0.05) is 30.3 Å². The van der Waals surface area contributed by atoms with Crippen molar-refractivity contribution in [2.24, 2.45) is 5.92 Å². The second-order valence-electron chi connectivity index (χ2n) is 7.12. The Morgan fingerprint density at radius 3 is 2.57 bits per heavy atom. The number of nitrogens with zero attached hydrogens (tertiary/aromatic N) is 1. The van der Waals surface area contributed by atoms with Gasteiger partial charge in [-0.15, -0.1) is 12.4 Å². The predicted octanol–water partition coefficient (Wildman–Crippen LogP) is 1.80. The van der Waals surface area contributed by atoms with Gasteiger partial charge >= 0.3 is 0 Å². The first-order valence-electron chi connectivity index (χ1n) is 9.20. The van der Waals surface area contributed by atoms with Crippen molar-refractivity contribution in [1.82, 2.24) is 14.9 Å². The van der Waals surface area contributed by atoms with Gasteiger partial charge in [0.05, 0.1) is 4.90 Å². The maximum absolute atomic E-state index is 13.1. The molecule has 2 N–H and O–H groups in total. The van der Waals surface area contributed by atoms with E-state index in [4.69, 9.17) is 0 Å². The van der Waals surface area contributed by atoms with Gasteiger partial charge < -0.3 is 10.6 Å². The van der Waals surface area contributed by atoms with Gasteiger partial charge in [0.1, 0.15) is 0 Å². The molecule has 8 heteroatoms. The molecule has 2 aromatic carbocycles. The maximum atomic E-state index is 13.1. The Kier molecular flexibility index (Phi) is 6.40. The normalized spacial score (nSPS) is 17.1. The van der Waals surface area contributed by atoms with Gasteiger partial charge in [-0.25, -0.2) is 8.42 Å². The van der Waals surface area contributed by atoms with Gasteiger partial charge in [-0.05, 0) is 35.7 Å². The van der Waals surface area contributed by atoms with Crippen LogP contribution in [0.2, 0.25) is 0 Å². The van der Waals surface area contributed by atoms with E-state index in [0.29, 0.717) is 37.5 Å². The summed E-state index contributed by atoms with van der Waals surface area (Å²) in [6, 6.07) is 14.2. The average molecular weight is 422 g/mol. The largest absolute Gasteiger partial charge is 0.352 e. The number of hydrogen-bond donors (Lipinski definition) is 2. The van der Waals surface area contributed by atoms with E-state index in [1.807, 2.05) is 24.3 Å². The van der Waals surface area contributed by atoms with Crippen LogP contribution in [0.5, 0.6) is 0 Å². The molecular formula is C20H24ClN3O3S. The van der Waals surface area contributed by atoms with Gasteiger partial charge in [-0.3, -0.25) is 4.79 Å². The fourth-order valence-corrected chi connectivity index (χ4v) is 4.92. The Morgan fingerprint density at radius 2 is 1.86 bits per heavy atom. The van der Waals surface area contributed by atoms with Crippen LogP contribution in [-0.2, 0) is 23.0 Å². The topological polar surface area (TPSA) is 78.5 Å². The van der Waals surface area contributed by atoms with Crippen LogP contribution in [0.3, 0.4) is 0 Å². The number of sulfonamides is 1. The van der Waals surface area contributed by atoms with Gasteiger partial charge in [0.2, 0.25) is 10.0 Å². The summed E-state index contributed by atoms with van der Waals surface area (Å²) in [5.74, 6) is 0.220. The predicted molar refractivity (Wildman–Crippen MR) is 110 cm³/mol. The Bertz CT molecular complexity index is 961. The van der Waals surface area contributed by atoms with Crippen molar-refractivity contribution >= 4 is 28.3 Å². The second kappa shape index (κ2) is 8.61. The van der Waals surface area contributed by atoms with Crippen molar-refractivity contribution < 1.29 is 13.2 Å². The number of rotatable bonds is 5. The number of amides is 1. The fourth-order valence-electron chi connectivity index (χ4n) is 3.45. The van der Waals surface area contributed by atoms with E-state index in [9.17, 15) is 13.2 Å². The molecule has 0 spiro atoms. The van der Waals surface area contributed by atoms with E-state index >= 15 is 0 Å². The summed E-state index contributed by atoms with van der Waals surface area (Å²) >= 11 is 0. The lowest BCUT2D eigenvalue weighted by atomic mass is 10.0. The molecule has 2 heterocycles. The molecule has 1 amide bonds. The van der Waals surface area contributed by atoms with Crippen LogP contribution in [0.4, 0.5) is 0 Å². The summed E-state index contributed by atoms with van der Waals surface area (Å²) in [6.45, 7) is 3.23. The minimum atomic E-state index is -3.64. The molecule has 2 aromatic rings. The molecule has 0 bridgehead atoms. The molecule has 1 saturated heterocycles. The molecule has 4 rings (SSSR count). The number of carbonyl (C=O) groups is 1. The third-order valence-corrected chi connectivity index (χ3v) is 7.09. The van der Waals surface area contributed by atoms with Crippen LogP contribution in [-0.4, -0.2) is 44.8 Å². The standard InChI is InChI=1S/C20H23N3O3S.ClH/c24-20(22-13-15-11-21-12-15)17-6-3-7-19(10-17)27(25,26)23-9-8-16-4-1-2-5-18(16)14-23;/h1-7,10,15,21H,8-9,11-14H2,(H,22,24);1H. The molecule has 28 heavy (non-hydrogen) atoms. The van der Waals surface area contributed by atoms with Gasteiger partial charge in [0, 0.05) is 44.2 Å². The second-order valence-corrected chi connectivity index (χ2v) is 9.06. The summed E-state index contributed by atoms with van der Waals surface area (Å²) in [4.78, 5) is 12.5. The van der Waals surface area contributed by atoms with E-state index in [2.05, 4.69) is 10.6 Å². The number of carbonyl (C=O) groups excluding carboxylic acids is 1. The molecule has 0 aromatic heterocycles. The van der Waals surface area contributed by atoms with Crippen LogP contribution in [0.25, 0.3) is 0 Å². The monoisotopic (exact) mass is 421 g/mol. The lowest BCUT2D eigenvalue weighted by molar-refractivity contribution is 0.0942. The van der Waals surface area contributed by atoms with Crippen LogP contribution in [0, 0.1) is 5.92 Å². The molecule has 150 valence electrons. The Morgan fingerprint density at radius 1 is 1.11 bits per heavy atom. The number of benzene rings is 2. The van der Waals surface area contributed by atoms with E-state index in [1.165, 1.54) is 15.9 Å². The van der Waals surface area contributed by atoms with E-state index in [1.54, 1.807) is 18.2 Å². The smallest absolute Gasteiger partial charge is 0.251 e. The molecular weight excluding hydrogens is 398 g/mol. The number of nitrogens with one attached hydrogen (secondary N) is 2. The van der Waals surface area contributed by atoms with Gasteiger partial charge in [-0.2, -0.15) is 4.31 Å². The first-order valence-corrected chi connectivity index (χ1v) is 10.6. The number of halogens is 1. The van der Waals surface area contributed by atoms with Gasteiger partial charge in [0.25, 0.3) is 5.91 Å². The molecule has 6 nitrogen and oxygen atoms in total. The van der Waals surface area contributed by atoms with Crippen LogP contribution in [0.1, 0.15) is 21.5 Å². The zero-order valence-electron chi connectivity index (χ0n) is 15.4. The van der Waals surface area contributed by atoms with Crippen LogP contribution < -0.4 is 10.6 Å². The summed E-state index contributed by atoms with van der Waals surface area (Å²) in [5.41, 5.74) is 2.61. The molecule has 0 radical (unpaired) electrons. The van der Waals surface area contributed by atoms with Crippen molar-refractivity contribution in [1.29, 1.82) is 0 Å². The van der Waals surface area contributed by atoms with Crippen molar-refractivity contribution in [3.63, 3.8) is 0 Å². The van der Waals surface area contributed by atoms with Crippen molar-refractivity contribution in [2.75, 3.05) is 26.2 Å². The Hall–Kier alpha value is -1.93. The highest BCUT2D eigenvalue weighted by molar-refractivity contribution is 7.89. The lowest BCUT2D eigenvalue weighted by Crippen LogP contribution is -2.48. The van der Waals surface area contributed by atoms with Crippen molar-refractivity contribution in [3.05, 3.63) is 65.2 Å². The Balaban J connectivity index is 0.00000225. The Labute approximate surface area is 171 Å². The summed E-state index contributed by atoms with van der Waals surface area (Å²) in [6.07, 6.45) is 0.699. The van der Waals surface area contributed by atoms with Crippen LogP contribution in [0.15, 0.2) is 53.4 Å². The third-order valence-electron chi connectivity index (χ3n) is 5.25. The van der Waals surface area contributed by atoms with Crippen LogP contribution >= 0.6 is 12.4 Å². The quantitative estimate of drug-likeness (QED) is 0.771. The number of fused-ring (bicyclic) bond motifs is 1. The zero-order chi connectivity index (χ0) is 18.9. The van der Waals surface area contributed by atoms with E-state index in [0.717, 1.165) is 18.7 Å². The lowest BCUT2D eigenvalue weighted by Gasteiger charge is -2.28. The maximum Gasteiger partial charge on any atom is 0.251 e. The van der Waals surface area contributed by atoms with E-state index < -0.39 is 10.0 Å². The highest BCUT2D eigenvalue weighted by atomic mass is 35.5. The molecule has 0 aliphatic carbocycles. The molecule has 1 fully saturated rings. The third kappa shape index (κ3) is 4.22. The molecule has 2 aliphatic rings. The molecule has 0 saturated carbocycles. The van der Waals surface area contributed by atoms with Crippen molar-refractivity contribution in [3.8, 4) is 0 Å². The first kappa shape index (κ1) is 20.8. The summed E-state index contributed by atoms with van der Waals surface area (Å²) in [7, 11) is -3.64. The number of hydrogen-bond acceptors (Lipinski definition) is 4. The molecule has 0 unspecified atom stereocenters. The molecule has 2 aliphatic heterocycles. The van der Waals surface area contributed by atoms with E-state index in [-0.39, 0.29) is 23.2 Å². The SMILES string of the molecule is Cl.O=C(NCC1CNC1)c1cccc(S(=O)(=O)N2CCc3ccccc3C2)c1. The summed E-state index contributed by atoms with van der Waals surface area (Å²) < 4.78 is 27.7. The highest BCUT2D eigenvalue weighted by Gasteiger charge is 2.28. The van der Waals surface area contributed by atoms with Crippen molar-refractivity contribution in [2.45, 2.75) is 17.9 Å². The fraction of sp³-hybridized carbons (Fsp3) is 0.350. The minimum Gasteiger partial charge on any atom is -0.352 e. The highest BCUT2D eigenvalue weighted by Crippen LogP contribution is 2.25. The summed E-state index contributed by atoms with van der Waals surface area (Å²) in [5, 5.41) is 6.05. The average Bonchev–Trinajstić information content (AvgIpc) is 2.66. The minimum absolute atomic E-state index is 0. The van der Waals surface area contributed by atoms with Gasteiger partial charge in [0.15, 0.2) is 0 Å². The zero-order valence-corrected chi connectivity index (χ0v) is 17.1.